The maximum atomic E-state index is 12.3. The lowest BCUT2D eigenvalue weighted by Gasteiger charge is -2.06. The van der Waals surface area contributed by atoms with E-state index in [0.29, 0.717) is 27.5 Å². The summed E-state index contributed by atoms with van der Waals surface area (Å²) < 4.78 is 0. The first-order valence-electron chi connectivity index (χ1n) is 6.33. The second-order valence-corrected chi connectivity index (χ2v) is 5.54. The number of pyridine rings is 1. The summed E-state index contributed by atoms with van der Waals surface area (Å²) >= 11 is 1.25. The second kappa shape index (κ2) is 5.45. The lowest BCUT2D eigenvalue weighted by atomic mass is 10.1. The van der Waals surface area contributed by atoms with Crippen LogP contribution in [0, 0.1) is 6.92 Å². The van der Waals surface area contributed by atoms with Crippen molar-refractivity contribution >= 4 is 33.3 Å². The largest absolute Gasteiger partial charge is 0.396 e. The van der Waals surface area contributed by atoms with Gasteiger partial charge in [-0.15, -0.1) is 11.3 Å². The van der Waals surface area contributed by atoms with Gasteiger partial charge in [0, 0.05) is 31.3 Å². The van der Waals surface area contributed by atoms with Crippen LogP contribution in [0.4, 0.5) is 5.69 Å². The number of nitrogens with two attached hydrogens (primary N) is 1. The first-order valence-corrected chi connectivity index (χ1v) is 7.15. The van der Waals surface area contributed by atoms with Crippen LogP contribution in [-0.4, -0.2) is 20.9 Å². The highest BCUT2D eigenvalue weighted by molar-refractivity contribution is 7.21. The number of hydrogen-bond donors (Lipinski definition) is 2. The Bertz CT molecular complexity index is 814. The molecule has 21 heavy (non-hydrogen) atoms. The van der Waals surface area contributed by atoms with Gasteiger partial charge in [-0.2, -0.15) is 0 Å². The molecule has 0 aliphatic carbocycles. The van der Waals surface area contributed by atoms with Gasteiger partial charge in [0.1, 0.15) is 15.2 Å². The number of thiophene rings is 1. The molecule has 3 N–H and O–H groups in total. The number of carbonyl (C=O) groups excluding carboxylic acids is 1. The topological polar surface area (TPSA) is 93.8 Å². The Hall–Kier alpha value is -2.54. The summed E-state index contributed by atoms with van der Waals surface area (Å²) in [6, 6.07) is 1.91. The van der Waals surface area contributed by atoms with E-state index in [-0.39, 0.29) is 5.91 Å². The Morgan fingerprint density at radius 2 is 2.14 bits per heavy atom. The van der Waals surface area contributed by atoms with E-state index in [1.807, 2.05) is 13.0 Å². The molecule has 1 amide bonds. The number of aromatic nitrogens is 3. The molecule has 3 rings (SSSR count). The maximum absolute atomic E-state index is 12.3. The molecular formula is C14H13N5OS. The molecule has 0 aliphatic heterocycles. The number of nitrogens with zero attached hydrogens (tertiary/aromatic N) is 3. The number of carbonyl (C=O) groups is 1. The van der Waals surface area contributed by atoms with Gasteiger partial charge in [0.15, 0.2) is 0 Å². The van der Waals surface area contributed by atoms with Gasteiger partial charge >= 0.3 is 0 Å². The Balaban J connectivity index is 1.81. The van der Waals surface area contributed by atoms with E-state index in [2.05, 4.69) is 20.3 Å². The van der Waals surface area contributed by atoms with Crippen LogP contribution in [0.25, 0.3) is 10.3 Å². The predicted molar refractivity (Wildman–Crippen MR) is 82.0 cm³/mol. The predicted octanol–water partition coefficient (Wildman–Crippen LogP) is 1.91. The van der Waals surface area contributed by atoms with Gasteiger partial charge in [-0.3, -0.25) is 9.78 Å². The molecule has 0 radical (unpaired) electrons. The Morgan fingerprint density at radius 3 is 2.90 bits per heavy atom. The van der Waals surface area contributed by atoms with Gasteiger partial charge < -0.3 is 11.1 Å². The highest BCUT2D eigenvalue weighted by Crippen LogP contribution is 2.30. The number of anilines is 1. The van der Waals surface area contributed by atoms with Crippen LogP contribution in [0.3, 0.4) is 0 Å². The molecule has 0 unspecified atom stereocenters. The molecule has 0 aliphatic rings. The summed E-state index contributed by atoms with van der Waals surface area (Å²) in [5.41, 5.74) is 8.98. The normalized spacial score (nSPS) is 10.7. The quantitative estimate of drug-likeness (QED) is 0.770. The van der Waals surface area contributed by atoms with Crippen molar-refractivity contribution in [2.45, 2.75) is 13.5 Å². The van der Waals surface area contributed by atoms with Crippen LogP contribution in [-0.2, 0) is 6.54 Å². The highest BCUT2D eigenvalue weighted by Gasteiger charge is 2.17. The van der Waals surface area contributed by atoms with Crippen molar-refractivity contribution in [3.8, 4) is 0 Å². The summed E-state index contributed by atoms with van der Waals surface area (Å²) in [5.74, 6) is -0.222. The van der Waals surface area contributed by atoms with Crippen molar-refractivity contribution in [3.63, 3.8) is 0 Å². The fraction of sp³-hybridized carbons (Fsp3) is 0.143. The number of hydrogen-bond acceptors (Lipinski definition) is 6. The Kier molecular flexibility index (Phi) is 3.49. The fourth-order valence-electron chi connectivity index (χ4n) is 1.95. The van der Waals surface area contributed by atoms with Gasteiger partial charge in [-0.25, -0.2) is 9.97 Å². The number of nitrogen functional groups attached to an aromatic ring is 1. The number of nitrogens with one attached hydrogen (secondary N) is 1. The number of rotatable bonds is 3. The Morgan fingerprint density at radius 1 is 1.33 bits per heavy atom. The molecule has 7 heteroatoms. The SMILES string of the molecule is Cc1ccncc1CNC(=O)c1sc2nccnc2c1N. The summed E-state index contributed by atoms with van der Waals surface area (Å²) in [6.45, 7) is 2.39. The first-order chi connectivity index (χ1) is 10.2. The smallest absolute Gasteiger partial charge is 0.263 e. The van der Waals surface area contributed by atoms with E-state index in [9.17, 15) is 4.79 Å². The number of aryl methyl sites for hydroxylation is 1. The van der Waals surface area contributed by atoms with Crippen LogP contribution in [0.5, 0.6) is 0 Å². The van der Waals surface area contributed by atoms with Gasteiger partial charge in [-0.05, 0) is 24.1 Å². The van der Waals surface area contributed by atoms with Gasteiger partial charge in [0.2, 0.25) is 0 Å². The molecular weight excluding hydrogens is 286 g/mol. The summed E-state index contributed by atoms with van der Waals surface area (Å²) in [4.78, 5) is 25.7. The zero-order valence-electron chi connectivity index (χ0n) is 11.3. The van der Waals surface area contributed by atoms with E-state index in [1.54, 1.807) is 24.8 Å². The third-order valence-corrected chi connectivity index (χ3v) is 4.26. The van der Waals surface area contributed by atoms with Crippen molar-refractivity contribution in [2.24, 2.45) is 0 Å². The zero-order valence-corrected chi connectivity index (χ0v) is 12.1. The fourth-order valence-corrected chi connectivity index (χ4v) is 2.89. The molecule has 3 aromatic rings. The molecule has 3 aromatic heterocycles. The molecule has 6 nitrogen and oxygen atoms in total. The van der Waals surface area contributed by atoms with Gasteiger partial charge in [0.05, 0.1) is 5.69 Å². The molecule has 3 heterocycles. The zero-order chi connectivity index (χ0) is 14.8. The second-order valence-electron chi connectivity index (χ2n) is 4.54. The minimum atomic E-state index is -0.222. The van der Waals surface area contributed by atoms with Crippen LogP contribution in [0.2, 0.25) is 0 Å². The van der Waals surface area contributed by atoms with E-state index in [1.165, 1.54) is 11.3 Å². The lowest BCUT2D eigenvalue weighted by molar-refractivity contribution is 0.0956. The average Bonchev–Trinajstić information content (AvgIpc) is 2.84. The van der Waals surface area contributed by atoms with Crippen molar-refractivity contribution in [3.05, 3.63) is 46.9 Å². The summed E-state index contributed by atoms with van der Waals surface area (Å²) in [5, 5.41) is 2.85. The highest BCUT2D eigenvalue weighted by atomic mass is 32.1. The van der Waals surface area contributed by atoms with Crippen LogP contribution in [0.15, 0.2) is 30.9 Å². The molecule has 0 saturated carbocycles. The third-order valence-electron chi connectivity index (χ3n) is 3.16. The van der Waals surface area contributed by atoms with Crippen LogP contribution < -0.4 is 11.1 Å². The monoisotopic (exact) mass is 299 g/mol. The lowest BCUT2D eigenvalue weighted by Crippen LogP contribution is -2.23. The minimum absolute atomic E-state index is 0.222. The van der Waals surface area contributed by atoms with Crippen molar-refractivity contribution in [1.82, 2.24) is 20.3 Å². The van der Waals surface area contributed by atoms with E-state index >= 15 is 0 Å². The minimum Gasteiger partial charge on any atom is -0.396 e. The van der Waals surface area contributed by atoms with Crippen LogP contribution in [0.1, 0.15) is 20.8 Å². The summed E-state index contributed by atoms with van der Waals surface area (Å²) in [6.07, 6.45) is 6.61. The standard InChI is InChI=1S/C14H13N5OS/c1-8-2-3-16-6-9(8)7-19-13(20)12-10(15)11-14(21-12)18-5-4-17-11/h2-6H,7,15H2,1H3,(H,19,20). The van der Waals surface area contributed by atoms with E-state index < -0.39 is 0 Å². The summed E-state index contributed by atoms with van der Waals surface area (Å²) in [7, 11) is 0. The molecule has 0 bridgehead atoms. The van der Waals surface area contributed by atoms with E-state index in [4.69, 9.17) is 5.73 Å². The molecule has 106 valence electrons. The van der Waals surface area contributed by atoms with E-state index in [0.717, 1.165) is 11.1 Å². The van der Waals surface area contributed by atoms with Crippen molar-refractivity contribution in [2.75, 3.05) is 5.73 Å². The molecule has 0 fully saturated rings. The average molecular weight is 299 g/mol. The number of fused-ring (bicyclic) bond motifs is 1. The Labute approximate surface area is 125 Å². The van der Waals surface area contributed by atoms with Crippen molar-refractivity contribution in [1.29, 1.82) is 0 Å². The van der Waals surface area contributed by atoms with Gasteiger partial charge in [0.25, 0.3) is 5.91 Å². The third kappa shape index (κ3) is 2.55. The van der Waals surface area contributed by atoms with Crippen LogP contribution >= 0.6 is 11.3 Å². The van der Waals surface area contributed by atoms with Crippen molar-refractivity contribution < 1.29 is 4.79 Å². The number of amides is 1. The molecule has 0 atom stereocenters. The van der Waals surface area contributed by atoms with Gasteiger partial charge in [-0.1, -0.05) is 0 Å². The molecule has 0 aromatic carbocycles. The molecule has 0 spiro atoms. The maximum Gasteiger partial charge on any atom is 0.263 e. The molecule has 0 saturated heterocycles. The first kappa shape index (κ1) is 13.4.